The molecule has 1 aliphatic heterocycles. The van der Waals surface area contributed by atoms with Crippen LogP contribution in [-0.2, 0) is 11.2 Å². The molecule has 3 heterocycles. The molecular weight excluding hydrogens is 400 g/mol. The minimum atomic E-state index is -0.0670. The zero-order valence-corrected chi connectivity index (χ0v) is 18.9. The number of oxazole rings is 1. The lowest BCUT2D eigenvalue weighted by molar-refractivity contribution is -0.212. The lowest BCUT2D eigenvalue weighted by Gasteiger charge is -2.71. The number of carbonyl (C=O) groups is 1. The average Bonchev–Trinajstić information content (AvgIpc) is 3.16. The number of piperazine rings is 1. The van der Waals surface area contributed by atoms with Gasteiger partial charge in [0.1, 0.15) is 5.78 Å². The Morgan fingerprint density at radius 2 is 1.81 bits per heavy atom. The van der Waals surface area contributed by atoms with Gasteiger partial charge < -0.3 is 14.2 Å². The lowest BCUT2D eigenvalue weighted by atomic mass is 9.33. The maximum Gasteiger partial charge on any atom is 0.191 e. The standard InChI is InChI=1S/C26H30N4O2/c1-18-27-13-23(32-18)19-3-4-20-12-28-22(10-21(20)9-19)11-24(31)26-14-25(15-26,16-26)17-30-7-5-29(2)6-8-30/h3-4,9-10,12-13H,5-8,11,14-17H2,1-2H3. The molecule has 0 N–H and O–H groups in total. The summed E-state index contributed by atoms with van der Waals surface area (Å²) in [6.45, 7) is 7.66. The van der Waals surface area contributed by atoms with Crippen molar-refractivity contribution in [3.8, 4) is 11.3 Å². The van der Waals surface area contributed by atoms with Crippen LogP contribution in [0.3, 0.4) is 0 Å². The monoisotopic (exact) mass is 430 g/mol. The number of benzene rings is 1. The zero-order chi connectivity index (χ0) is 21.9. The van der Waals surface area contributed by atoms with E-state index < -0.39 is 0 Å². The first-order valence-electron chi connectivity index (χ1n) is 11.7. The summed E-state index contributed by atoms with van der Waals surface area (Å²) in [5, 5.41) is 2.15. The van der Waals surface area contributed by atoms with Crippen molar-refractivity contribution in [2.24, 2.45) is 10.8 Å². The molecule has 2 bridgehead atoms. The van der Waals surface area contributed by atoms with Gasteiger partial charge in [-0.2, -0.15) is 0 Å². The van der Waals surface area contributed by atoms with E-state index in [1.54, 1.807) is 6.20 Å². The van der Waals surface area contributed by atoms with Crippen LogP contribution in [0.1, 0.15) is 30.8 Å². The number of likely N-dealkylation sites (N-methyl/N-ethyl adjacent to an activating group) is 1. The Morgan fingerprint density at radius 1 is 1.03 bits per heavy atom. The Bertz CT molecular complexity index is 1170. The molecule has 2 aromatic heterocycles. The molecule has 32 heavy (non-hydrogen) atoms. The van der Waals surface area contributed by atoms with Gasteiger partial charge >= 0.3 is 0 Å². The molecule has 3 saturated carbocycles. The first kappa shape index (κ1) is 20.1. The average molecular weight is 431 g/mol. The van der Waals surface area contributed by atoms with E-state index in [2.05, 4.69) is 38.9 Å². The van der Waals surface area contributed by atoms with Gasteiger partial charge in [0.05, 0.1) is 6.20 Å². The molecule has 0 unspecified atom stereocenters. The minimum absolute atomic E-state index is 0.0670. The number of aromatic nitrogens is 2. The van der Waals surface area contributed by atoms with Crippen LogP contribution in [0.4, 0.5) is 0 Å². The molecule has 0 atom stereocenters. The Balaban J connectivity index is 1.11. The summed E-state index contributed by atoms with van der Waals surface area (Å²) < 4.78 is 5.67. The Hall–Kier alpha value is -2.57. The highest BCUT2D eigenvalue weighted by Gasteiger charge is 2.70. The van der Waals surface area contributed by atoms with Crippen LogP contribution in [0.25, 0.3) is 22.1 Å². The molecule has 4 fully saturated rings. The summed E-state index contributed by atoms with van der Waals surface area (Å²) in [7, 11) is 2.20. The number of ketones is 1. The number of nitrogens with zero attached hydrogens (tertiary/aromatic N) is 4. The van der Waals surface area contributed by atoms with Gasteiger partial charge in [-0.1, -0.05) is 12.1 Å². The van der Waals surface area contributed by atoms with Crippen LogP contribution < -0.4 is 0 Å². The fourth-order valence-corrected chi connectivity index (χ4v) is 6.23. The molecular formula is C26H30N4O2. The number of Topliss-reactive ketones (excluding diaryl/α,β-unsaturated/α-hetero) is 1. The van der Waals surface area contributed by atoms with Crippen molar-refractivity contribution in [1.29, 1.82) is 0 Å². The topological polar surface area (TPSA) is 62.5 Å². The molecule has 7 rings (SSSR count). The lowest BCUT2D eigenvalue weighted by Crippen LogP contribution is -2.69. The van der Waals surface area contributed by atoms with Crippen LogP contribution in [0.2, 0.25) is 0 Å². The quantitative estimate of drug-likeness (QED) is 0.594. The van der Waals surface area contributed by atoms with E-state index in [4.69, 9.17) is 4.42 Å². The number of fused-ring (bicyclic) bond motifs is 1. The van der Waals surface area contributed by atoms with Gasteiger partial charge in [-0.15, -0.1) is 0 Å². The molecule has 0 spiro atoms. The summed E-state index contributed by atoms with van der Waals surface area (Å²) in [6.07, 6.45) is 7.30. The van der Waals surface area contributed by atoms with E-state index >= 15 is 0 Å². The maximum atomic E-state index is 13.2. The van der Waals surface area contributed by atoms with E-state index in [1.807, 2.05) is 25.3 Å². The van der Waals surface area contributed by atoms with Crippen molar-refractivity contribution in [3.05, 3.63) is 48.2 Å². The zero-order valence-electron chi connectivity index (χ0n) is 18.9. The molecule has 1 aromatic carbocycles. The predicted octanol–water partition coefficient (Wildman–Crippen LogP) is 3.73. The highest BCUT2D eigenvalue weighted by atomic mass is 16.4. The number of pyridine rings is 1. The number of rotatable bonds is 6. The molecule has 166 valence electrons. The molecule has 6 heteroatoms. The van der Waals surface area contributed by atoms with E-state index in [1.165, 1.54) is 6.54 Å². The number of carbonyl (C=O) groups excluding carboxylic acids is 1. The second-order valence-electron chi connectivity index (χ2n) is 10.5. The summed E-state index contributed by atoms with van der Waals surface area (Å²) in [4.78, 5) is 27.0. The van der Waals surface area contributed by atoms with Gasteiger partial charge in [0, 0.05) is 74.3 Å². The maximum absolute atomic E-state index is 13.2. The third-order valence-corrected chi connectivity index (χ3v) is 7.91. The van der Waals surface area contributed by atoms with Gasteiger partial charge in [-0.3, -0.25) is 9.78 Å². The van der Waals surface area contributed by atoms with Gasteiger partial charge in [-0.25, -0.2) is 4.98 Å². The molecule has 0 radical (unpaired) electrons. The van der Waals surface area contributed by atoms with E-state index in [0.717, 1.165) is 73.2 Å². The molecule has 3 aliphatic carbocycles. The van der Waals surface area contributed by atoms with Crippen LogP contribution >= 0.6 is 0 Å². The third kappa shape index (κ3) is 3.37. The normalized spacial score (nSPS) is 27.8. The Kier molecular flexibility index (Phi) is 4.53. The highest BCUT2D eigenvalue weighted by Crippen LogP contribution is 2.74. The van der Waals surface area contributed by atoms with Crippen molar-refractivity contribution < 1.29 is 9.21 Å². The molecule has 1 saturated heterocycles. The van der Waals surface area contributed by atoms with Crippen LogP contribution in [-0.4, -0.2) is 65.3 Å². The fraction of sp³-hybridized carbons (Fsp3) is 0.500. The van der Waals surface area contributed by atoms with E-state index in [9.17, 15) is 4.79 Å². The molecule has 0 amide bonds. The number of aryl methyl sites for hydroxylation is 1. The second-order valence-corrected chi connectivity index (χ2v) is 10.5. The van der Waals surface area contributed by atoms with Gasteiger partial charge in [0.15, 0.2) is 11.7 Å². The Labute approximate surface area is 188 Å². The predicted molar refractivity (Wildman–Crippen MR) is 123 cm³/mol. The van der Waals surface area contributed by atoms with Crippen molar-refractivity contribution in [2.75, 3.05) is 39.8 Å². The van der Waals surface area contributed by atoms with Crippen molar-refractivity contribution in [3.63, 3.8) is 0 Å². The van der Waals surface area contributed by atoms with Crippen molar-refractivity contribution in [2.45, 2.75) is 32.6 Å². The van der Waals surface area contributed by atoms with Gasteiger partial charge in [-0.05, 0) is 49.2 Å². The third-order valence-electron chi connectivity index (χ3n) is 7.91. The summed E-state index contributed by atoms with van der Waals surface area (Å²) in [5.74, 6) is 1.80. The van der Waals surface area contributed by atoms with Crippen LogP contribution in [0.15, 0.2) is 41.1 Å². The van der Waals surface area contributed by atoms with Crippen LogP contribution in [0.5, 0.6) is 0 Å². The summed E-state index contributed by atoms with van der Waals surface area (Å²) in [6, 6.07) is 8.23. The number of hydrogen-bond donors (Lipinski definition) is 0. The first-order chi connectivity index (χ1) is 15.4. The summed E-state index contributed by atoms with van der Waals surface area (Å²) in [5.41, 5.74) is 2.20. The Morgan fingerprint density at radius 3 is 2.53 bits per heavy atom. The summed E-state index contributed by atoms with van der Waals surface area (Å²) >= 11 is 0. The largest absolute Gasteiger partial charge is 0.441 e. The fourth-order valence-electron chi connectivity index (χ4n) is 6.23. The van der Waals surface area contributed by atoms with Crippen molar-refractivity contribution in [1.82, 2.24) is 19.8 Å². The first-order valence-corrected chi connectivity index (χ1v) is 11.7. The van der Waals surface area contributed by atoms with Gasteiger partial charge in [0.2, 0.25) is 0 Å². The highest BCUT2D eigenvalue weighted by molar-refractivity contribution is 5.91. The van der Waals surface area contributed by atoms with Crippen molar-refractivity contribution >= 4 is 16.6 Å². The molecule has 6 nitrogen and oxygen atoms in total. The molecule has 3 aromatic rings. The van der Waals surface area contributed by atoms with E-state index in [0.29, 0.717) is 23.5 Å². The number of hydrogen-bond acceptors (Lipinski definition) is 6. The second kappa shape index (κ2) is 7.22. The molecule has 4 aliphatic rings. The minimum Gasteiger partial charge on any atom is -0.441 e. The van der Waals surface area contributed by atoms with Crippen LogP contribution in [0, 0.1) is 17.8 Å². The smallest absolute Gasteiger partial charge is 0.191 e. The SMILES string of the molecule is Cc1ncc(-c2ccc3cnc(CC(=O)C45CC(CN6CCN(C)CC6)(C4)C5)cc3c2)o1. The van der Waals surface area contributed by atoms with Gasteiger partial charge in [0.25, 0.3) is 0 Å². The van der Waals surface area contributed by atoms with E-state index in [-0.39, 0.29) is 5.41 Å².